The van der Waals surface area contributed by atoms with Gasteiger partial charge in [0.2, 0.25) is 5.91 Å². The predicted octanol–water partition coefficient (Wildman–Crippen LogP) is 5.49. The standard InChI is InChI=1S/C29H42N4O3S/c1-28(2,3)21-15-20(16-22(25(21)36-8)29(4,5)6)26-30-23(18-37-26)19-9-11-32(12-10-19)24(34)17-33-14-13-31(7)27(33)35/h15-16,18-19H,9-14,17H2,1-8H3. The number of aromatic nitrogens is 1. The topological polar surface area (TPSA) is 66.0 Å². The first kappa shape index (κ1) is 27.4. The second-order valence-electron chi connectivity index (χ2n) is 12.5. The molecule has 1 aromatic heterocycles. The van der Waals surface area contributed by atoms with E-state index in [4.69, 9.17) is 9.72 Å². The summed E-state index contributed by atoms with van der Waals surface area (Å²) in [6.07, 6.45) is 1.79. The van der Waals surface area contributed by atoms with Crippen LogP contribution >= 0.6 is 11.3 Å². The number of rotatable bonds is 5. The highest BCUT2D eigenvalue weighted by Crippen LogP contribution is 2.43. The smallest absolute Gasteiger partial charge is 0.320 e. The molecule has 0 spiro atoms. The van der Waals surface area contributed by atoms with Crippen LogP contribution in [-0.4, -0.2) is 78.5 Å². The molecule has 2 aliphatic heterocycles. The number of hydrogen-bond donors (Lipinski definition) is 0. The van der Waals surface area contributed by atoms with Gasteiger partial charge in [-0.25, -0.2) is 9.78 Å². The third-order valence-electron chi connectivity index (χ3n) is 7.57. The van der Waals surface area contributed by atoms with Crippen LogP contribution in [-0.2, 0) is 15.6 Å². The molecule has 37 heavy (non-hydrogen) atoms. The van der Waals surface area contributed by atoms with Gasteiger partial charge in [-0.1, -0.05) is 41.5 Å². The Morgan fingerprint density at radius 1 is 1.03 bits per heavy atom. The first-order chi connectivity index (χ1) is 17.3. The van der Waals surface area contributed by atoms with Crippen LogP contribution in [0.4, 0.5) is 4.79 Å². The number of nitrogens with zero attached hydrogens (tertiary/aromatic N) is 4. The van der Waals surface area contributed by atoms with E-state index in [2.05, 4.69) is 59.1 Å². The van der Waals surface area contributed by atoms with Crippen molar-refractivity contribution in [1.29, 1.82) is 0 Å². The molecule has 2 fully saturated rings. The number of benzene rings is 1. The molecule has 2 aliphatic rings. The third kappa shape index (κ3) is 5.79. The summed E-state index contributed by atoms with van der Waals surface area (Å²) in [5, 5.41) is 3.22. The minimum absolute atomic E-state index is 0.0451. The summed E-state index contributed by atoms with van der Waals surface area (Å²) in [6.45, 7) is 16.2. The maximum Gasteiger partial charge on any atom is 0.320 e. The number of hydrogen-bond acceptors (Lipinski definition) is 5. The van der Waals surface area contributed by atoms with Crippen molar-refractivity contribution >= 4 is 23.3 Å². The molecule has 2 aromatic rings. The van der Waals surface area contributed by atoms with Gasteiger partial charge in [-0.05, 0) is 35.8 Å². The summed E-state index contributed by atoms with van der Waals surface area (Å²) >= 11 is 1.70. The molecule has 0 saturated carbocycles. The zero-order chi connectivity index (χ0) is 27.1. The van der Waals surface area contributed by atoms with Gasteiger partial charge < -0.3 is 19.4 Å². The number of carbonyl (C=O) groups excluding carboxylic acids is 2. The maximum absolute atomic E-state index is 12.8. The lowest BCUT2D eigenvalue weighted by atomic mass is 9.78. The first-order valence-electron chi connectivity index (χ1n) is 13.3. The summed E-state index contributed by atoms with van der Waals surface area (Å²) in [5.41, 5.74) is 4.53. The summed E-state index contributed by atoms with van der Waals surface area (Å²) in [5.74, 6) is 1.36. The average Bonchev–Trinajstić information content (AvgIpc) is 3.45. The second kappa shape index (κ2) is 10.3. The highest BCUT2D eigenvalue weighted by Gasteiger charge is 2.32. The molecule has 7 nitrogen and oxygen atoms in total. The number of ether oxygens (including phenoxy) is 1. The highest BCUT2D eigenvalue weighted by molar-refractivity contribution is 7.13. The van der Waals surface area contributed by atoms with Crippen LogP contribution in [0.5, 0.6) is 5.75 Å². The van der Waals surface area contributed by atoms with Crippen molar-refractivity contribution in [3.8, 4) is 16.3 Å². The fourth-order valence-electron chi connectivity index (χ4n) is 5.23. The van der Waals surface area contributed by atoms with Gasteiger partial charge in [-0.2, -0.15) is 0 Å². The summed E-state index contributed by atoms with van der Waals surface area (Å²) in [4.78, 5) is 35.3. The highest BCUT2D eigenvalue weighted by atomic mass is 32.1. The number of likely N-dealkylation sites (tertiary alicyclic amines) is 1. The number of amides is 3. The van der Waals surface area contributed by atoms with E-state index in [0.29, 0.717) is 32.1 Å². The molecule has 0 aliphatic carbocycles. The summed E-state index contributed by atoms with van der Waals surface area (Å²) in [6, 6.07) is 4.44. The molecule has 8 heteroatoms. The molecule has 3 amide bonds. The number of methoxy groups -OCH3 is 1. The zero-order valence-electron chi connectivity index (χ0n) is 23.7. The van der Waals surface area contributed by atoms with E-state index in [1.807, 2.05) is 4.90 Å². The number of urea groups is 1. The molecule has 0 radical (unpaired) electrons. The Hall–Kier alpha value is -2.61. The third-order valence-corrected chi connectivity index (χ3v) is 8.48. The largest absolute Gasteiger partial charge is 0.496 e. The molecule has 0 bridgehead atoms. The van der Waals surface area contributed by atoms with Gasteiger partial charge in [0, 0.05) is 61.2 Å². The van der Waals surface area contributed by atoms with Crippen molar-refractivity contribution in [1.82, 2.24) is 19.7 Å². The molecule has 2 saturated heterocycles. The van der Waals surface area contributed by atoms with E-state index >= 15 is 0 Å². The van der Waals surface area contributed by atoms with Crippen molar-refractivity contribution in [2.24, 2.45) is 0 Å². The molecule has 4 rings (SSSR count). The van der Waals surface area contributed by atoms with Gasteiger partial charge in [-0.15, -0.1) is 11.3 Å². The Morgan fingerprint density at radius 2 is 1.62 bits per heavy atom. The van der Waals surface area contributed by atoms with Gasteiger partial charge >= 0.3 is 6.03 Å². The summed E-state index contributed by atoms with van der Waals surface area (Å²) in [7, 11) is 3.54. The quantitative estimate of drug-likeness (QED) is 0.517. The van der Waals surface area contributed by atoms with Crippen LogP contribution in [0.3, 0.4) is 0 Å². The lowest BCUT2D eigenvalue weighted by Crippen LogP contribution is -2.44. The van der Waals surface area contributed by atoms with Crippen molar-refractivity contribution < 1.29 is 14.3 Å². The minimum Gasteiger partial charge on any atom is -0.496 e. The molecular formula is C29H42N4O3S. The van der Waals surface area contributed by atoms with Gasteiger partial charge in [0.1, 0.15) is 17.3 Å². The van der Waals surface area contributed by atoms with E-state index in [1.165, 1.54) is 11.1 Å². The Bertz CT molecular complexity index is 1120. The molecule has 0 unspecified atom stereocenters. The lowest BCUT2D eigenvalue weighted by molar-refractivity contribution is -0.132. The second-order valence-corrected chi connectivity index (χ2v) is 13.3. The van der Waals surface area contributed by atoms with E-state index in [1.54, 1.807) is 35.3 Å². The van der Waals surface area contributed by atoms with E-state index < -0.39 is 0 Å². The normalized spacial score (nSPS) is 17.6. The number of piperidine rings is 1. The Morgan fingerprint density at radius 3 is 2.11 bits per heavy atom. The fourth-order valence-corrected chi connectivity index (χ4v) is 6.12. The van der Waals surface area contributed by atoms with Crippen LogP contribution in [0.15, 0.2) is 17.5 Å². The number of thiazole rings is 1. The molecule has 3 heterocycles. The molecule has 202 valence electrons. The van der Waals surface area contributed by atoms with Gasteiger partial charge in [0.05, 0.1) is 12.8 Å². The van der Waals surface area contributed by atoms with Crippen LogP contribution in [0, 0.1) is 0 Å². The summed E-state index contributed by atoms with van der Waals surface area (Å²) < 4.78 is 5.93. The minimum atomic E-state index is -0.0596. The zero-order valence-corrected chi connectivity index (χ0v) is 24.5. The maximum atomic E-state index is 12.8. The fraction of sp³-hybridized carbons (Fsp3) is 0.621. The van der Waals surface area contributed by atoms with Crippen molar-refractivity contribution in [3.05, 3.63) is 34.3 Å². The van der Waals surface area contributed by atoms with Crippen LogP contribution in [0.25, 0.3) is 10.6 Å². The van der Waals surface area contributed by atoms with Gasteiger partial charge in [0.25, 0.3) is 0 Å². The van der Waals surface area contributed by atoms with Gasteiger partial charge in [0.15, 0.2) is 0 Å². The molecule has 0 atom stereocenters. The molecule has 0 N–H and O–H groups in total. The van der Waals surface area contributed by atoms with Crippen molar-refractivity contribution in [2.45, 2.75) is 71.1 Å². The lowest BCUT2D eigenvalue weighted by Gasteiger charge is -2.32. The van der Waals surface area contributed by atoms with Crippen LogP contribution < -0.4 is 4.74 Å². The number of carbonyl (C=O) groups is 2. The van der Waals surface area contributed by atoms with Crippen molar-refractivity contribution in [2.75, 3.05) is 46.9 Å². The molecular weight excluding hydrogens is 484 g/mol. The Labute approximate surface area is 225 Å². The van der Waals surface area contributed by atoms with E-state index in [9.17, 15) is 9.59 Å². The average molecular weight is 527 g/mol. The van der Waals surface area contributed by atoms with E-state index in [0.717, 1.165) is 34.9 Å². The number of likely N-dealkylation sites (N-methyl/N-ethyl adjacent to an activating group) is 1. The molecule has 1 aromatic carbocycles. The van der Waals surface area contributed by atoms with Crippen molar-refractivity contribution in [3.63, 3.8) is 0 Å². The van der Waals surface area contributed by atoms with Gasteiger partial charge in [-0.3, -0.25) is 4.79 Å². The first-order valence-corrected chi connectivity index (χ1v) is 14.1. The monoisotopic (exact) mass is 526 g/mol. The SMILES string of the molecule is COc1c(C(C)(C)C)cc(-c2nc(C3CCN(C(=O)CN4CCN(C)C4=O)CC3)cs2)cc1C(C)(C)C. The Balaban J connectivity index is 1.49. The van der Waals surface area contributed by atoms with E-state index in [-0.39, 0.29) is 29.3 Å². The Kier molecular flexibility index (Phi) is 7.62. The predicted molar refractivity (Wildman–Crippen MR) is 150 cm³/mol. The van der Waals surface area contributed by atoms with Crippen LogP contribution in [0.1, 0.15) is 77.1 Å². The van der Waals surface area contributed by atoms with Crippen LogP contribution in [0.2, 0.25) is 0 Å².